The topological polar surface area (TPSA) is 37.3 Å². The number of aromatic hydroxyl groups is 1. The first-order valence-corrected chi connectivity index (χ1v) is 4.21. The van der Waals surface area contributed by atoms with E-state index in [1.165, 1.54) is 0 Å². The number of aldehydes is 1. The van der Waals surface area contributed by atoms with Crippen molar-refractivity contribution in [3.63, 3.8) is 0 Å². The molecule has 0 bridgehead atoms. The standard InChI is InChI=1S/C8H4BrF3O2/c9-6-2-1-5(8(10,11)12)7(14)4(6)3-13/h1-3,14H. The van der Waals surface area contributed by atoms with Gasteiger partial charge in [-0.2, -0.15) is 13.2 Å². The highest BCUT2D eigenvalue weighted by molar-refractivity contribution is 9.10. The average molecular weight is 269 g/mol. The number of benzene rings is 1. The maximum absolute atomic E-state index is 12.2. The van der Waals surface area contributed by atoms with Gasteiger partial charge in [0.15, 0.2) is 6.29 Å². The summed E-state index contributed by atoms with van der Waals surface area (Å²) in [5, 5.41) is 9.12. The van der Waals surface area contributed by atoms with Crippen LogP contribution >= 0.6 is 15.9 Å². The van der Waals surface area contributed by atoms with Gasteiger partial charge in [0.2, 0.25) is 0 Å². The number of hydrogen-bond acceptors (Lipinski definition) is 2. The molecule has 2 nitrogen and oxygen atoms in total. The maximum atomic E-state index is 12.2. The van der Waals surface area contributed by atoms with Crippen LogP contribution in [0.4, 0.5) is 13.2 Å². The van der Waals surface area contributed by atoms with E-state index in [-0.39, 0.29) is 10.8 Å². The smallest absolute Gasteiger partial charge is 0.419 e. The molecule has 0 saturated heterocycles. The van der Waals surface area contributed by atoms with Crippen LogP contribution in [0.5, 0.6) is 5.75 Å². The molecule has 0 aromatic heterocycles. The highest BCUT2D eigenvalue weighted by atomic mass is 79.9. The van der Waals surface area contributed by atoms with Crippen LogP contribution in [0.3, 0.4) is 0 Å². The Bertz CT molecular complexity index is 374. The van der Waals surface area contributed by atoms with Gasteiger partial charge in [-0.15, -0.1) is 0 Å². The number of hydrogen-bond donors (Lipinski definition) is 1. The first-order valence-electron chi connectivity index (χ1n) is 3.41. The molecule has 1 N–H and O–H groups in total. The molecular formula is C8H4BrF3O2. The Morgan fingerprint density at radius 3 is 2.36 bits per heavy atom. The zero-order valence-corrected chi connectivity index (χ0v) is 8.19. The summed E-state index contributed by atoms with van der Waals surface area (Å²) in [5.41, 5.74) is -1.62. The highest BCUT2D eigenvalue weighted by Gasteiger charge is 2.35. The maximum Gasteiger partial charge on any atom is 0.419 e. The molecule has 6 heteroatoms. The van der Waals surface area contributed by atoms with Crippen LogP contribution in [-0.2, 0) is 6.18 Å². The Morgan fingerprint density at radius 1 is 1.36 bits per heavy atom. The fourth-order valence-electron chi connectivity index (χ4n) is 0.924. The van der Waals surface area contributed by atoms with Crippen molar-refractivity contribution < 1.29 is 23.1 Å². The summed E-state index contributed by atoms with van der Waals surface area (Å²) in [6, 6.07) is 1.76. The third kappa shape index (κ3) is 1.89. The molecule has 14 heavy (non-hydrogen) atoms. The molecular weight excluding hydrogens is 265 g/mol. The van der Waals surface area contributed by atoms with Gasteiger partial charge in [-0.25, -0.2) is 0 Å². The van der Waals surface area contributed by atoms with Crippen molar-refractivity contribution in [2.45, 2.75) is 6.18 Å². The van der Waals surface area contributed by atoms with Crippen LogP contribution in [0.25, 0.3) is 0 Å². The molecule has 0 aliphatic carbocycles. The average Bonchev–Trinajstić information content (AvgIpc) is 2.02. The number of rotatable bonds is 1. The third-order valence-electron chi connectivity index (χ3n) is 1.59. The predicted octanol–water partition coefficient (Wildman–Crippen LogP) is 2.99. The second-order valence-electron chi connectivity index (χ2n) is 2.47. The Labute approximate surface area is 85.5 Å². The van der Waals surface area contributed by atoms with Crippen molar-refractivity contribution in [1.82, 2.24) is 0 Å². The summed E-state index contributed by atoms with van der Waals surface area (Å²) in [6.07, 6.45) is -4.50. The molecule has 0 amide bonds. The Morgan fingerprint density at radius 2 is 1.93 bits per heavy atom. The van der Waals surface area contributed by atoms with Crippen molar-refractivity contribution >= 4 is 22.2 Å². The molecule has 0 saturated carbocycles. The molecule has 0 fully saturated rings. The van der Waals surface area contributed by atoms with Crippen molar-refractivity contribution in [3.8, 4) is 5.75 Å². The lowest BCUT2D eigenvalue weighted by molar-refractivity contribution is -0.138. The van der Waals surface area contributed by atoms with Gasteiger partial charge >= 0.3 is 6.18 Å². The van der Waals surface area contributed by atoms with E-state index in [0.717, 1.165) is 6.07 Å². The van der Waals surface area contributed by atoms with Gasteiger partial charge in [-0.05, 0) is 28.1 Å². The lowest BCUT2D eigenvalue weighted by Gasteiger charge is -2.10. The van der Waals surface area contributed by atoms with E-state index in [9.17, 15) is 18.0 Å². The molecule has 76 valence electrons. The molecule has 0 heterocycles. The quantitative estimate of drug-likeness (QED) is 0.796. The lowest BCUT2D eigenvalue weighted by atomic mass is 10.1. The van der Waals surface area contributed by atoms with Gasteiger partial charge in [0.25, 0.3) is 0 Å². The molecule has 0 spiro atoms. The first-order chi connectivity index (χ1) is 6.38. The van der Waals surface area contributed by atoms with Gasteiger partial charge < -0.3 is 5.11 Å². The number of halogens is 4. The Kier molecular flexibility index (Phi) is 2.84. The summed E-state index contributed by atoms with van der Waals surface area (Å²) in [6.45, 7) is 0. The van der Waals surface area contributed by atoms with Crippen LogP contribution in [0, 0.1) is 0 Å². The van der Waals surface area contributed by atoms with E-state index in [2.05, 4.69) is 15.9 Å². The zero-order chi connectivity index (χ0) is 10.9. The molecule has 0 atom stereocenters. The third-order valence-corrected chi connectivity index (χ3v) is 2.28. The molecule has 0 aliphatic heterocycles. The van der Waals surface area contributed by atoms with Gasteiger partial charge in [-0.3, -0.25) is 4.79 Å². The number of alkyl halides is 3. The van der Waals surface area contributed by atoms with Crippen molar-refractivity contribution in [3.05, 3.63) is 27.7 Å². The molecule has 0 unspecified atom stereocenters. The van der Waals surface area contributed by atoms with Crippen molar-refractivity contribution in [1.29, 1.82) is 0 Å². The number of phenolic OH excluding ortho intramolecular Hbond substituents is 1. The van der Waals surface area contributed by atoms with E-state index in [1.807, 2.05) is 0 Å². The Hall–Kier alpha value is -1.04. The van der Waals surface area contributed by atoms with Crippen molar-refractivity contribution in [2.24, 2.45) is 0 Å². The number of carbonyl (C=O) groups is 1. The molecule has 1 aromatic carbocycles. The zero-order valence-electron chi connectivity index (χ0n) is 6.60. The summed E-state index contributed by atoms with van der Waals surface area (Å²) in [5.74, 6) is -1.05. The van der Waals surface area contributed by atoms with E-state index >= 15 is 0 Å². The minimum Gasteiger partial charge on any atom is -0.507 e. The highest BCUT2D eigenvalue weighted by Crippen LogP contribution is 2.39. The summed E-state index contributed by atoms with van der Waals surface area (Å²) >= 11 is 2.85. The number of phenols is 1. The fraction of sp³-hybridized carbons (Fsp3) is 0.125. The van der Waals surface area contributed by atoms with Gasteiger partial charge in [0.1, 0.15) is 5.75 Å². The van der Waals surface area contributed by atoms with Crippen molar-refractivity contribution in [2.75, 3.05) is 0 Å². The van der Waals surface area contributed by atoms with Gasteiger partial charge in [0.05, 0.1) is 11.1 Å². The number of carbonyl (C=O) groups excluding carboxylic acids is 1. The summed E-state index contributed by atoms with van der Waals surface area (Å²) in [7, 11) is 0. The van der Waals surface area contributed by atoms with Crippen LogP contribution in [0.15, 0.2) is 16.6 Å². The van der Waals surface area contributed by atoms with Crippen LogP contribution in [-0.4, -0.2) is 11.4 Å². The van der Waals surface area contributed by atoms with E-state index in [1.54, 1.807) is 0 Å². The molecule has 0 radical (unpaired) electrons. The summed E-state index contributed by atoms with van der Waals surface area (Å²) < 4.78 is 36.7. The van der Waals surface area contributed by atoms with E-state index in [0.29, 0.717) is 6.07 Å². The minimum atomic E-state index is -4.66. The van der Waals surface area contributed by atoms with Crippen LogP contribution < -0.4 is 0 Å². The fourth-order valence-corrected chi connectivity index (χ4v) is 1.34. The lowest BCUT2D eigenvalue weighted by Crippen LogP contribution is -2.06. The SMILES string of the molecule is O=Cc1c(Br)ccc(C(F)(F)F)c1O. The first kappa shape index (κ1) is 11.0. The molecule has 1 rings (SSSR count). The predicted molar refractivity (Wildman–Crippen MR) is 46.2 cm³/mol. The van der Waals surface area contributed by atoms with E-state index < -0.39 is 23.1 Å². The largest absolute Gasteiger partial charge is 0.507 e. The minimum absolute atomic E-state index is 0.123. The monoisotopic (exact) mass is 268 g/mol. The van der Waals surface area contributed by atoms with Gasteiger partial charge in [0, 0.05) is 4.47 Å². The Balaban J connectivity index is 3.43. The molecule has 0 aliphatic rings. The second kappa shape index (κ2) is 3.61. The van der Waals surface area contributed by atoms with Crippen LogP contribution in [0.2, 0.25) is 0 Å². The van der Waals surface area contributed by atoms with Crippen LogP contribution in [0.1, 0.15) is 15.9 Å². The van der Waals surface area contributed by atoms with E-state index in [4.69, 9.17) is 5.11 Å². The second-order valence-corrected chi connectivity index (χ2v) is 3.33. The molecule has 1 aromatic rings. The normalized spacial score (nSPS) is 11.4. The van der Waals surface area contributed by atoms with Gasteiger partial charge in [-0.1, -0.05) is 0 Å². The summed E-state index contributed by atoms with van der Waals surface area (Å²) in [4.78, 5) is 10.4.